The van der Waals surface area contributed by atoms with Crippen molar-refractivity contribution in [1.82, 2.24) is 0 Å². The first-order valence-electron chi connectivity index (χ1n) is 8.71. The number of anilines is 2. The second-order valence-electron chi connectivity index (χ2n) is 6.53. The molecule has 29 heavy (non-hydrogen) atoms. The number of fused-ring (bicyclic) bond motifs is 1. The average molecular weight is 413 g/mol. The molecular formula is C20H19N3O5S. The van der Waals surface area contributed by atoms with Gasteiger partial charge in [0.05, 0.1) is 16.9 Å². The Bertz CT molecular complexity index is 1190. The monoisotopic (exact) mass is 413 g/mol. The van der Waals surface area contributed by atoms with E-state index in [4.69, 9.17) is 0 Å². The van der Waals surface area contributed by atoms with Crippen molar-refractivity contribution in [2.24, 2.45) is 0 Å². The summed E-state index contributed by atoms with van der Waals surface area (Å²) in [6.07, 6.45) is 0.952. The van der Waals surface area contributed by atoms with Gasteiger partial charge in [0.2, 0.25) is 15.9 Å². The molecule has 1 atom stereocenters. The molecule has 0 bridgehead atoms. The van der Waals surface area contributed by atoms with Crippen molar-refractivity contribution in [3.8, 4) is 0 Å². The SMILES string of the molecule is CC(C(=O)Nc1cccc2ccccc12)N(c1cccc([N+](=O)[O-])c1)S(C)(=O)=O. The lowest BCUT2D eigenvalue weighted by molar-refractivity contribution is -0.384. The Kier molecular flexibility index (Phi) is 5.51. The Balaban J connectivity index is 1.96. The standard InChI is InChI=1S/C20H19N3O5S/c1-14(20(24)21-19-12-5-8-15-7-3-4-11-18(15)19)22(29(2,27)28)16-9-6-10-17(13-16)23(25)26/h3-14H,1-2H3,(H,21,24). The van der Waals surface area contributed by atoms with Gasteiger partial charge < -0.3 is 5.32 Å². The van der Waals surface area contributed by atoms with Gasteiger partial charge in [-0.1, -0.05) is 42.5 Å². The maximum atomic E-state index is 12.9. The summed E-state index contributed by atoms with van der Waals surface area (Å²) < 4.78 is 25.7. The van der Waals surface area contributed by atoms with Crippen LogP contribution in [-0.4, -0.2) is 31.5 Å². The van der Waals surface area contributed by atoms with Crippen LogP contribution in [0.25, 0.3) is 10.8 Å². The van der Waals surface area contributed by atoms with Crippen LogP contribution in [0.15, 0.2) is 66.7 Å². The number of carbonyl (C=O) groups is 1. The van der Waals surface area contributed by atoms with E-state index < -0.39 is 26.9 Å². The largest absolute Gasteiger partial charge is 0.324 e. The normalized spacial score (nSPS) is 12.3. The van der Waals surface area contributed by atoms with Crippen LogP contribution in [-0.2, 0) is 14.8 Å². The molecule has 0 aliphatic rings. The first kappa shape index (κ1) is 20.3. The maximum absolute atomic E-state index is 12.9. The number of nitro groups is 1. The number of carbonyl (C=O) groups excluding carboxylic acids is 1. The summed E-state index contributed by atoms with van der Waals surface area (Å²) in [5, 5.41) is 15.6. The van der Waals surface area contributed by atoms with E-state index in [0.717, 1.165) is 27.4 Å². The Labute approximate surface area is 168 Å². The van der Waals surface area contributed by atoms with E-state index in [2.05, 4.69) is 5.32 Å². The van der Waals surface area contributed by atoms with Crippen molar-refractivity contribution >= 4 is 43.8 Å². The van der Waals surface area contributed by atoms with E-state index in [1.165, 1.54) is 25.1 Å². The minimum Gasteiger partial charge on any atom is -0.324 e. The van der Waals surface area contributed by atoms with Crippen molar-refractivity contribution in [3.63, 3.8) is 0 Å². The number of nitrogens with zero attached hydrogens (tertiary/aromatic N) is 2. The van der Waals surface area contributed by atoms with Crippen LogP contribution in [0, 0.1) is 10.1 Å². The highest BCUT2D eigenvalue weighted by Gasteiger charge is 2.30. The maximum Gasteiger partial charge on any atom is 0.271 e. The van der Waals surface area contributed by atoms with Crippen LogP contribution < -0.4 is 9.62 Å². The van der Waals surface area contributed by atoms with E-state index in [0.29, 0.717) is 5.69 Å². The molecule has 8 nitrogen and oxygen atoms in total. The lowest BCUT2D eigenvalue weighted by Gasteiger charge is -2.28. The zero-order valence-electron chi connectivity index (χ0n) is 15.8. The van der Waals surface area contributed by atoms with Crippen LogP contribution in [0.4, 0.5) is 17.1 Å². The van der Waals surface area contributed by atoms with Gasteiger partial charge in [-0.25, -0.2) is 8.42 Å². The van der Waals surface area contributed by atoms with Crippen molar-refractivity contribution in [2.45, 2.75) is 13.0 Å². The summed E-state index contributed by atoms with van der Waals surface area (Å²) in [6.45, 7) is 1.43. The number of benzene rings is 3. The third kappa shape index (κ3) is 4.35. The third-order valence-corrected chi connectivity index (χ3v) is 5.67. The summed E-state index contributed by atoms with van der Waals surface area (Å²) >= 11 is 0. The third-order valence-electron chi connectivity index (χ3n) is 4.43. The molecule has 3 aromatic carbocycles. The second kappa shape index (κ2) is 7.88. The summed E-state index contributed by atoms with van der Waals surface area (Å²) in [5.41, 5.74) is 0.326. The van der Waals surface area contributed by atoms with Gasteiger partial charge in [0, 0.05) is 23.2 Å². The predicted octanol–water partition coefficient (Wildman–Crippen LogP) is 3.54. The average Bonchev–Trinajstić information content (AvgIpc) is 2.67. The fourth-order valence-corrected chi connectivity index (χ4v) is 4.29. The van der Waals surface area contributed by atoms with Crippen molar-refractivity contribution < 1.29 is 18.1 Å². The fourth-order valence-electron chi connectivity index (χ4n) is 3.12. The number of hydrogen-bond acceptors (Lipinski definition) is 5. The molecule has 1 unspecified atom stereocenters. The van der Waals surface area contributed by atoms with E-state index in [-0.39, 0.29) is 11.4 Å². The number of non-ortho nitro benzene ring substituents is 1. The number of nitro benzene ring substituents is 1. The van der Waals surface area contributed by atoms with Crippen LogP contribution in [0.3, 0.4) is 0 Å². The van der Waals surface area contributed by atoms with E-state index in [9.17, 15) is 23.3 Å². The highest BCUT2D eigenvalue weighted by Crippen LogP contribution is 2.27. The molecule has 0 aliphatic carbocycles. The molecule has 0 radical (unpaired) electrons. The van der Waals surface area contributed by atoms with Gasteiger partial charge in [0.1, 0.15) is 6.04 Å². The van der Waals surface area contributed by atoms with Gasteiger partial charge in [-0.2, -0.15) is 0 Å². The lowest BCUT2D eigenvalue weighted by Crippen LogP contribution is -2.45. The van der Waals surface area contributed by atoms with E-state index in [1.54, 1.807) is 12.1 Å². The molecular weight excluding hydrogens is 394 g/mol. The number of hydrogen-bond donors (Lipinski definition) is 1. The van der Waals surface area contributed by atoms with Crippen LogP contribution in [0.1, 0.15) is 6.92 Å². The van der Waals surface area contributed by atoms with Gasteiger partial charge in [0.25, 0.3) is 5.69 Å². The zero-order chi connectivity index (χ0) is 21.2. The number of sulfonamides is 1. The Morgan fingerprint density at radius 1 is 1.07 bits per heavy atom. The molecule has 150 valence electrons. The van der Waals surface area contributed by atoms with Gasteiger partial charge in [0.15, 0.2) is 0 Å². The predicted molar refractivity (Wildman–Crippen MR) is 112 cm³/mol. The highest BCUT2D eigenvalue weighted by molar-refractivity contribution is 7.92. The molecule has 0 fully saturated rings. The molecule has 1 amide bonds. The molecule has 0 saturated heterocycles. The fraction of sp³-hybridized carbons (Fsp3) is 0.150. The number of nitrogens with one attached hydrogen (secondary N) is 1. The first-order valence-corrected chi connectivity index (χ1v) is 10.6. The Morgan fingerprint density at radius 2 is 1.72 bits per heavy atom. The summed E-state index contributed by atoms with van der Waals surface area (Å²) in [7, 11) is -3.89. The molecule has 0 aliphatic heterocycles. The van der Waals surface area contributed by atoms with Crippen molar-refractivity contribution in [3.05, 3.63) is 76.8 Å². The molecule has 0 saturated carbocycles. The second-order valence-corrected chi connectivity index (χ2v) is 8.39. The topological polar surface area (TPSA) is 110 Å². The molecule has 0 aromatic heterocycles. The van der Waals surface area contributed by atoms with Crippen molar-refractivity contribution in [1.29, 1.82) is 0 Å². The Morgan fingerprint density at radius 3 is 2.41 bits per heavy atom. The molecule has 0 heterocycles. The quantitative estimate of drug-likeness (QED) is 0.491. The molecule has 0 spiro atoms. The summed E-state index contributed by atoms with van der Waals surface area (Å²) in [6, 6.07) is 16.9. The molecule has 3 rings (SSSR count). The highest BCUT2D eigenvalue weighted by atomic mass is 32.2. The Hall–Kier alpha value is -3.46. The smallest absolute Gasteiger partial charge is 0.271 e. The summed E-state index contributed by atoms with van der Waals surface area (Å²) in [4.78, 5) is 23.3. The van der Waals surface area contributed by atoms with Gasteiger partial charge in [-0.05, 0) is 24.4 Å². The van der Waals surface area contributed by atoms with Gasteiger partial charge in [-0.3, -0.25) is 19.2 Å². The molecule has 1 N–H and O–H groups in total. The van der Waals surface area contributed by atoms with E-state index in [1.807, 2.05) is 30.3 Å². The van der Waals surface area contributed by atoms with Crippen LogP contribution >= 0.6 is 0 Å². The number of amides is 1. The minimum absolute atomic E-state index is 0.0438. The molecule has 3 aromatic rings. The summed E-state index contributed by atoms with van der Waals surface area (Å²) in [5.74, 6) is -0.557. The van der Waals surface area contributed by atoms with E-state index >= 15 is 0 Å². The molecule has 9 heteroatoms. The minimum atomic E-state index is -3.89. The number of rotatable bonds is 6. The van der Waals surface area contributed by atoms with Gasteiger partial charge in [-0.15, -0.1) is 0 Å². The first-order chi connectivity index (χ1) is 13.7. The van der Waals surface area contributed by atoms with Gasteiger partial charge >= 0.3 is 0 Å². The van der Waals surface area contributed by atoms with Crippen LogP contribution in [0.2, 0.25) is 0 Å². The van der Waals surface area contributed by atoms with Crippen molar-refractivity contribution in [2.75, 3.05) is 15.9 Å². The van der Waals surface area contributed by atoms with Crippen LogP contribution in [0.5, 0.6) is 0 Å². The lowest BCUT2D eigenvalue weighted by atomic mass is 10.1. The zero-order valence-corrected chi connectivity index (χ0v) is 16.6.